The van der Waals surface area contributed by atoms with E-state index in [0.29, 0.717) is 18.1 Å². The number of anilines is 1. The van der Waals surface area contributed by atoms with Crippen LogP contribution in [0.1, 0.15) is 26.2 Å². The van der Waals surface area contributed by atoms with E-state index in [9.17, 15) is 9.59 Å². The zero-order valence-corrected chi connectivity index (χ0v) is 13.9. The second-order valence-corrected chi connectivity index (χ2v) is 7.29. The summed E-state index contributed by atoms with van der Waals surface area (Å²) in [5.74, 6) is -0.0158. The highest BCUT2D eigenvalue weighted by Gasteiger charge is 2.58. The number of hydrogen-bond donors (Lipinski definition) is 0. The van der Waals surface area contributed by atoms with Gasteiger partial charge in [0.2, 0.25) is 0 Å². The average molecular weight is 334 g/mol. The van der Waals surface area contributed by atoms with Crippen molar-refractivity contribution in [2.75, 3.05) is 24.5 Å². The van der Waals surface area contributed by atoms with Gasteiger partial charge in [-0.25, -0.2) is 4.79 Å². The Morgan fingerprint density at radius 3 is 2.83 bits per heavy atom. The minimum Gasteiger partial charge on any atom is -0.369 e. The van der Waals surface area contributed by atoms with Gasteiger partial charge < -0.3 is 9.80 Å². The van der Waals surface area contributed by atoms with Crippen LogP contribution in [0.4, 0.5) is 10.5 Å². The molecule has 2 unspecified atom stereocenters. The fraction of sp³-hybridized carbons (Fsp3) is 0.529. The van der Waals surface area contributed by atoms with Gasteiger partial charge in [0.05, 0.1) is 6.04 Å². The molecule has 0 bridgehead atoms. The van der Waals surface area contributed by atoms with Crippen LogP contribution in [0.2, 0.25) is 5.02 Å². The summed E-state index contributed by atoms with van der Waals surface area (Å²) < 4.78 is 0. The standard InChI is InChI=1S/C17H20ClN3O2/c1-17-7-3-8-20(17)16(23)21(15(17)22)14-6-9-19(11-14)13-5-2-4-12(18)10-13/h2,4-5,10,14H,3,6-9,11H2,1H3. The zero-order valence-electron chi connectivity index (χ0n) is 13.2. The number of nitrogens with zero attached hydrogens (tertiary/aromatic N) is 3. The topological polar surface area (TPSA) is 43.9 Å². The number of halogens is 1. The lowest BCUT2D eigenvalue weighted by Crippen LogP contribution is -2.45. The first-order valence-corrected chi connectivity index (χ1v) is 8.54. The predicted octanol–water partition coefficient (Wildman–Crippen LogP) is 2.74. The van der Waals surface area contributed by atoms with E-state index in [1.807, 2.05) is 31.2 Å². The maximum atomic E-state index is 12.8. The Morgan fingerprint density at radius 2 is 2.09 bits per heavy atom. The molecule has 0 saturated carbocycles. The number of imide groups is 1. The van der Waals surface area contributed by atoms with Crippen LogP contribution in [0.3, 0.4) is 0 Å². The lowest BCUT2D eigenvalue weighted by atomic mass is 9.99. The van der Waals surface area contributed by atoms with Crippen molar-refractivity contribution < 1.29 is 9.59 Å². The molecule has 3 saturated heterocycles. The first-order chi connectivity index (χ1) is 11.0. The van der Waals surface area contributed by atoms with Crippen LogP contribution >= 0.6 is 11.6 Å². The van der Waals surface area contributed by atoms with Crippen molar-refractivity contribution in [3.8, 4) is 0 Å². The molecule has 0 spiro atoms. The Bertz CT molecular complexity index is 680. The molecule has 1 aromatic rings. The van der Waals surface area contributed by atoms with E-state index in [2.05, 4.69) is 4.90 Å². The first-order valence-electron chi connectivity index (χ1n) is 8.16. The van der Waals surface area contributed by atoms with Gasteiger partial charge in [-0.15, -0.1) is 0 Å². The summed E-state index contributed by atoms with van der Waals surface area (Å²) in [5, 5.41) is 0.701. The van der Waals surface area contributed by atoms with Crippen molar-refractivity contribution >= 4 is 29.2 Å². The Labute approximate surface area is 140 Å². The van der Waals surface area contributed by atoms with Gasteiger partial charge in [-0.3, -0.25) is 9.69 Å². The van der Waals surface area contributed by atoms with E-state index >= 15 is 0 Å². The van der Waals surface area contributed by atoms with Gasteiger partial charge in [0.1, 0.15) is 5.54 Å². The van der Waals surface area contributed by atoms with E-state index in [0.717, 1.165) is 31.5 Å². The highest BCUT2D eigenvalue weighted by Crippen LogP contribution is 2.39. The van der Waals surface area contributed by atoms with Crippen molar-refractivity contribution in [1.29, 1.82) is 0 Å². The molecular formula is C17H20ClN3O2. The highest BCUT2D eigenvalue weighted by atomic mass is 35.5. The van der Waals surface area contributed by atoms with Gasteiger partial charge in [-0.2, -0.15) is 0 Å². The van der Waals surface area contributed by atoms with Crippen LogP contribution in [-0.4, -0.2) is 53.0 Å². The molecule has 23 heavy (non-hydrogen) atoms. The van der Waals surface area contributed by atoms with Crippen molar-refractivity contribution in [2.24, 2.45) is 0 Å². The van der Waals surface area contributed by atoms with Crippen LogP contribution in [0.5, 0.6) is 0 Å². The molecule has 6 heteroatoms. The van der Waals surface area contributed by atoms with Crippen molar-refractivity contribution in [2.45, 2.75) is 37.8 Å². The Morgan fingerprint density at radius 1 is 1.26 bits per heavy atom. The molecule has 3 amide bonds. The van der Waals surface area contributed by atoms with E-state index in [-0.39, 0.29) is 18.0 Å². The molecule has 0 aliphatic carbocycles. The molecular weight excluding hydrogens is 314 g/mol. The second-order valence-electron chi connectivity index (χ2n) is 6.86. The van der Waals surface area contributed by atoms with Gasteiger partial charge in [-0.05, 0) is 44.4 Å². The van der Waals surface area contributed by atoms with Crippen molar-refractivity contribution in [3.63, 3.8) is 0 Å². The summed E-state index contributed by atoms with van der Waals surface area (Å²) in [6, 6.07) is 7.57. The summed E-state index contributed by atoms with van der Waals surface area (Å²) in [5.41, 5.74) is 0.436. The summed E-state index contributed by atoms with van der Waals surface area (Å²) in [4.78, 5) is 31.0. The number of fused-ring (bicyclic) bond motifs is 1. The van der Waals surface area contributed by atoms with Crippen LogP contribution in [0.25, 0.3) is 0 Å². The summed E-state index contributed by atoms with van der Waals surface area (Å²) in [7, 11) is 0. The molecule has 122 valence electrons. The Balaban J connectivity index is 1.54. The largest absolute Gasteiger partial charge is 0.369 e. The van der Waals surface area contributed by atoms with Crippen LogP contribution in [0.15, 0.2) is 24.3 Å². The minimum atomic E-state index is -0.611. The molecule has 5 nitrogen and oxygen atoms in total. The zero-order chi connectivity index (χ0) is 16.2. The van der Waals surface area contributed by atoms with Gasteiger partial charge in [0.25, 0.3) is 5.91 Å². The smallest absolute Gasteiger partial charge is 0.327 e. The van der Waals surface area contributed by atoms with Gasteiger partial charge in [0, 0.05) is 30.3 Å². The second kappa shape index (κ2) is 5.13. The van der Waals surface area contributed by atoms with Gasteiger partial charge >= 0.3 is 6.03 Å². The summed E-state index contributed by atoms with van der Waals surface area (Å²) in [6.45, 7) is 4.12. The highest BCUT2D eigenvalue weighted by molar-refractivity contribution is 6.30. The lowest BCUT2D eigenvalue weighted by Gasteiger charge is -2.24. The Kier molecular flexibility index (Phi) is 3.30. The predicted molar refractivity (Wildman–Crippen MR) is 88.7 cm³/mol. The molecule has 3 aliphatic heterocycles. The lowest BCUT2D eigenvalue weighted by molar-refractivity contribution is -0.133. The number of hydrogen-bond acceptors (Lipinski definition) is 3. The van der Waals surface area contributed by atoms with E-state index in [1.54, 1.807) is 4.90 Å². The molecule has 4 rings (SSSR count). The third kappa shape index (κ3) is 2.13. The average Bonchev–Trinajstić information content (AvgIpc) is 3.18. The summed E-state index contributed by atoms with van der Waals surface area (Å²) >= 11 is 6.06. The maximum Gasteiger partial charge on any atom is 0.327 e. The third-order valence-corrected chi connectivity index (χ3v) is 5.69. The number of amides is 3. The molecule has 3 fully saturated rings. The fourth-order valence-electron chi connectivity index (χ4n) is 4.15. The monoisotopic (exact) mass is 333 g/mol. The van der Waals surface area contributed by atoms with E-state index in [1.165, 1.54) is 4.90 Å². The van der Waals surface area contributed by atoms with Crippen molar-refractivity contribution in [3.05, 3.63) is 29.3 Å². The number of carbonyl (C=O) groups is 2. The minimum absolute atomic E-state index is 0.0158. The maximum absolute atomic E-state index is 12.8. The molecule has 0 radical (unpaired) electrons. The summed E-state index contributed by atoms with van der Waals surface area (Å²) in [6.07, 6.45) is 2.51. The first kappa shape index (κ1) is 14.8. The molecule has 0 aromatic heterocycles. The van der Waals surface area contributed by atoms with E-state index in [4.69, 9.17) is 11.6 Å². The number of urea groups is 1. The van der Waals surface area contributed by atoms with E-state index < -0.39 is 5.54 Å². The van der Waals surface area contributed by atoms with Gasteiger partial charge in [0.15, 0.2) is 0 Å². The number of rotatable bonds is 2. The van der Waals surface area contributed by atoms with Crippen LogP contribution in [-0.2, 0) is 4.79 Å². The fourth-order valence-corrected chi connectivity index (χ4v) is 4.34. The number of carbonyl (C=O) groups excluding carboxylic acids is 2. The molecule has 3 heterocycles. The molecule has 3 aliphatic rings. The molecule has 2 atom stereocenters. The van der Waals surface area contributed by atoms with Crippen molar-refractivity contribution in [1.82, 2.24) is 9.80 Å². The molecule has 1 aromatic carbocycles. The Hall–Kier alpha value is -1.75. The number of benzene rings is 1. The third-order valence-electron chi connectivity index (χ3n) is 5.46. The normalized spacial score (nSPS) is 30.5. The van der Waals surface area contributed by atoms with Crippen LogP contribution in [0, 0.1) is 0 Å². The van der Waals surface area contributed by atoms with Gasteiger partial charge in [-0.1, -0.05) is 17.7 Å². The SMILES string of the molecule is CC12CCCN1C(=O)N(C1CCN(c3cccc(Cl)c3)C1)C2=O. The molecule has 0 N–H and O–H groups in total. The quantitative estimate of drug-likeness (QED) is 0.782. The van der Waals surface area contributed by atoms with Crippen LogP contribution < -0.4 is 4.90 Å².